The van der Waals surface area contributed by atoms with E-state index in [9.17, 15) is 0 Å². The summed E-state index contributed by atoms with van der Waals surface area (Å²) in [6, 6.07) is 78.4. The summed E-state index contributed by atoms with van der Waals surface area (Å²) >= 11 is 0. The summed E-state index contributed by atoms with van der Waals surface area (Å²) < 4.78 is 6.51. The van der Waals surface area contributed by atoms with Crippen molar-refractivity contribution >= 4 is 122 Å². The molecule has 12 aromatic rings. The van der Waals surface area contributed by atoms with Crippen molar-refractivity contribution in [1.29, 1.82) is 0 Å². The smallest absolute Gasteiger partial charge is 0.252 e. The van der Waals surface area contributed by atoms with Gasteiger partial charge in [-0.15, -0.1) is 0 Å². The van der Waals surface area contributed by atoms with Crippen LogP contribution in [0.1, 0.15) is 0 Å². The molecule has 0 amide bonds. The summed E-state index contributed by atoms with van der Waals surface area (Å²) in [5.74, 6) is 0. The Labute approximate surface area is 358 Å². The van der Waals surface area contributed by atoms with Crippen molar-refractivity contribution in [3.63, 3.8) is 0 Å². The average molecular weight is 787 g/mol. The van der Waals surface area contributed by atoms with Gasteiger partial charge in [-0.05, 0) is 137 Å². The summed E-state index contributed by atoms with van der Waals surface area (Å²) in [5, 5.41) is 12.3. The van der Waals surface area contributed by atoms with Gasteiger partial charge < -0.3 is 14.2 Å². The maximum absolute atomic E-state index is 6.51. The second-order valence-electron chi connectivity index (χ2n) is 16.8. The SMILES string of the molecule is c1ccc(N2c3cc4ccc5ccccc5c4cc3B3c4cc5c(ccc6ccccc65)cc4N(c4ccccc4)c4cc(-c5ccc6c(c5)oc5ccccc56)cc2c43)cc1. The van der Waals surface area contributed by atoms with Gasteiger partial charge in [0.15, 0.2) is 0 Å². The van der Waals surface area contributed by atoms with Crippen LogP contribution in [0.5, 0.6) is 0 Å². The molecule has 62 heavy (non-hydrogen) atoms. The standard InChI is InChI=1S/C58H35BN2O/c1-3-15-42(16-4-1)60-52-29-39-25-23-36-13-7-9-19-44(36)48(39)34-50(52)59-51-35-49-40(26-24-37-14-8-10-20-45(37)49)30-53(51)61(43-17-5-2-6-18-43)55-32-41(31-54(60)58(55)59)38-27-28-47-46-21-11-12-22-56(46)62-57(47)33-38/h1-35H. The second-order valence-corrected chi connectivity index (χ2v) is 16.8. The van der Waals surface area contributed by atoms with E-state index in [0.717, 1.165) is 44.4 Å². The van der Waals surface area contributed by atoms with Gasteiger partial charge in [0.2, 0.25) is 0 Å². The molecule has 3 heterocycles. The summed E-state index contributed by atoms with van der Waals surface area (Å²) in [4.78, 5) is 5.04. The monoisotopic (exact) mass is 786 g/mol. The molecular weight excluding hydrogens is 751 g/mol. The maximum Gasteiger partial charge on any atom is 0.252 e. The van der Waals surface area contributed by atoms with Crippen molar-refractivity contribution in [2.75, 3.05) is 9.80 Å². The predicted octanol–water partition coefficient (Wildman–Crippen LogP) is 13.9. The lowest BCUT2D eigenvalue weighted by Gasteiger charge is -2.44. The van der Waals surface area contributed by atoms with E-state index in [1.54, 1.807) is 0 Å². The first-order valence-corrected chi connectivity index (χ1v) is 21.4. The summed E-state index contributed by atoms with van der Waals surface area (Å²) in [6.07, 6.45) is 0. The topological polar surface area (TPSA) is 19.6 Å². The summed E-state index contributed by atoms with van der Waals surface area (Å²) in [5.41, 5.74) is 14.9. The number of furan rings is 1. The molecular formula is C58H35BN2O. The normalized spacial score (nSPS) is 13.1. The molecule has 4 heteroatoms. The largest absolute Gasteiger partial charge is 0.456 e. The van der Waals surface area contributed by atoms with Gasteiger partial charge in [-0.25, -0.2) is 0 Å². The van der Waals surface area contributed by atoms with Crippen molar-refractivity contribution < 1.29 is 4.42 Å². The Kier molecular flexibility index (Phi) is 6.92. The zero-order valence-electron chi connectivity index (χ0n) is 33.6. The fourth-order valence-corrected chi connectivity index (χ4v) is 10.8. The van der Waals surface area contributed by atoms with E-state index in [2.05, 4.69) is 216 Å². The van der Waals surface area contributed by atoms with Gasteiger partial charge >= 0.3 is 0 Å². The molecule has 0 radical (unpaired) electrons. The van der Waals surface area contributed by atoms with E-state index in [1.165, 1.54) is 82.2 Å². The minimum Gasteiger partial charge on any atom is -0.456 e. The van der Waals surface area contributed by atoms with Crippen molar-refractivity contribution in [1.82, 2.24) is 0 Å². The van der Waals surface area contributed by atoms with Gasteiger partial charge in [0.25, 0.3) is 6.71 Å². The van der Waals surface area contributed by atoms with E-state index < -0.39 is 0 Å². The van der Waals surface area contributed by atoms with Crippen molar-refractivity contribution in [3.05, 3.63) is 212 Å². The third-order valence-electron chi connectivity index (χ3n) is 13.5. The van der Waals surface area contributed by atoms with Crippen LogP contribution in [-0.4, -0.2) is 6.71 Å². The molecule has 2 aliphatic rings. The number of rotatable bonds is 3. The highest BCUT2D eigenvalue weighted by atomic mass is 16.3. The van der Waals surface area contributed by atoms with Crippen molar-refractivity contribution in [2.45, 2.75) is 0 Å². The molecule has 0 N–H and O–H groups in total. The number of nitrogens with zero attached hydrogens (tertiary/aromatic N) is 2. The molecule has 0 atom stereocenters. The molecule has 0 aliphatic carbocycles. The highest BCUT2D eigenvalue weighted by Crippen LogP contribution is 2.48. The molecule has 11 aromatic carbocycles. The highest BCUT2D eigenvalue weighted by molar-refractivity contribution is 7.00. The van der Waals surface area contributed by atoms with Crippen LogP contribution in [0.3, 0.4) is 0 Å². The van der Waals surface area contributed by atoms with Gasteiger partial charge in [-0.2, -0.15) is 0 Å². The zero-order chi connectivity index (χ0) is 40.5. The Morgan fingerprint density at radius 2 is 0.790 bits per heavy atom. The third kappa shape index (κ3) is 4.78. The number of hydrogen-bond acceptors (Lipinski definition) is 3. The highest BCUT2D eigenvalue weighted by Gasteiger charge is 2.44. The predicted molar refractivity (Wildman–Crippen MR) is 263 cm³/mol. The molecule has 0 saturated heterocycles. The maximum atomic E-state index is 6.51. The summed E-state index contributed by atoms with van der Waals surface area (Å²) in [7, 11) is 0. The Hall–Kier alpha value is -8.08. The molecule has 0 unspecified atom stereocenters. The Balaban J connectivity index is 1.14. The average Bonchev–Trinajstić information content (AvgIpc) is 3.71. The first kappa shape index (κ1) is 33.7. The molecule has 0 fully saturated rings. The fourth-order valence-electron chi connectivity index (χ4n) is 10.8. The van der Waals surface area contributed by atoms with Gasteiger partial charge in [-0.3, -0.25) is 0 Å². The van der Waals surface area contributed by atoms with E-state index in [-0.39, 0.29) is 6.71 Å². The molecule has 2 aliphatic heterocycles. The molecule has 286 valence electrons. The number of fused-ring (bicyclic) bond motifs is 13. The number of para-hydroxylation sites is 3. The van der Waals surface area contributed by atoms with Crippen LogP contribution in [0, 0.1) is 0 Å². The first-order valence-electron chi connectivity index (χ1n) is 21.4. The minimum atomic E-state index is -0.0523. The Bertz CT molecular complexity index is 3650. The Morgan fingerprint density at radius 1 is 0.306 bits per heavy atom. The number of hydrogen-bond donors (Lipinski definition) is 0. The minimum absolute atomic E-state index is 0.0523. The van der Waals surface area contributed by atoms with Gasteiger partial charge in [0.05, 0.1) is 0 Å². The van der Waals surface area contributed by atoms with Crippen LogP contribution in [0.15, 0.2) is 217 Å². The van der Waals surface area contributed by atoms with Gasteiger partial charge in [0.1, 0.15) is 11.2 Å². The van der Waals surface area contributed by atoms with Gasteiger partial charge in [0, 0.05) is 44.9 Å². The van der Waals surface area contributed by atoms with E-state index in [0.29, 0.717) is 0 Å². The van der Waals surface area contributed by atoms with Crippen LogP contribution in [0.25, 0.3) is 76.2 Å². The number of benzene rings is 11. The van der Waals surface area contributed by atoms with Crippen LogP contribution >= 0.6 is 0 Å². The molecule has 14 rings (SSSR count). The summed E-state index contributed by atoms with van der Waals surface area (Å²) in [6.45, 7) is -0.0523. The molecule has 3 nitrogen and oxygen atoms in total. The van der Waals surface area contributed by atoms with Crippen molar-refractivity contribution in [2.24, 2.45) is 0 Å². The lowest BCUT2D eigenvalue weighted by molar-refractivity contribution is 0.669. The third-order valence-corrected chi connectivity index (χ3v) is 13.5. The quantitative estimate of drug-likeness (QED) is 0.131. The molecule has 0 spiro atoms. The van der Waals surface area contributed by atoms with Crippen LogP contribution in [0.4, 0.5) is 34.1 Å². The van der Waals surface area contributed by atoms with Crippen LogP contribution in [-0.2, 0) is 0 Å². The lowest BCUT2D eigenvalue weighted by Crippen LogP contribution is -2.61. The molecule has 0 saturated carbocycles. The van der Waals surface area contributed by atoms with E-state index in [4.69, 9.17) is 4.42 Å². The Morgan fingerprint density at radius 3 is 1.37 bits per heavy atom. The zero-order valence-corrected chi connectivity index (χ0v) is 33.6. The van der Waals surface area contributed by atoms with Crippen LogP contribution < -0.4 is 26.2 Å². The van der Waals surface area contributed by atoms with E-state index >= 15 is 0 Å². The van der Waals surface area contributed by atoms with Crippen LogP contribution in [0.2, 0.25) is 0 Å². The fraction of sp³-hybridized carbons (Fsp3) is 0. The molecule has 0 bridgehead atoms. The van der Waals surface area contributed by atoms with Crippen molar-refractivity contribution in [3.8, 4) is 11.1 Å². The van der Waals surface area contributed by atoms with E-state index in [1.807, 2.05) is 6.07 Å². The molecule has 1 aromatic heterocycles. The second kappa shape index (κ2) is 12.7. The number of anilines is 6. The lowest BCUT2D eigenvalue weighted by atomic mass is 9.33. The van der Waals surface area contributed by atoms with Gasteiger partial charge in [-0.1, -0.05) is 146 Å². The first-order chi connectivity index (χ1) is 30.7.